The molecule has 4 heteroatoms. The van der Waals surface area contributed by atoms with Crippen molar-refractivity contribution in [1.82, 2.24) is 0 Å². The minimum atomic E-state index is -1.02. The van der Waals surface area contributed by atoms with Gasteiger partial charge < -0.3 is 10.8 Å². The van der Waals surface area contributed by atoms with E-state index in [2.05, 4.69) is 15.9 Å². The van der Waals surface area contributed by atoms with Crippen molar-refractivity contribution in [3.05, 3.63) is 63.9 Å². The number of nitrogens with two attached hydrogens (primary N) is 1. The van der Waals surface area contributed by atoms with E-state index in [1.165, 1.54) is 6.07 Å². The molecule has 0 saturated heterocycles. The Morgan fingerprint density at radius 2 is 1.94 bits per heavy atom. The molecule has 1 atom stereocenters. The van der Waals surface area contributed by atoms with Crippen LogP contribution < -0.4 is 5.73 Å². The lowest BCUT2D eigenvalue weighted by Crippen LogP contribution is -2.03. The number of hydrogen-bond donors (Lipinski definition) is 2. The third kappa shape index (κ3) is 2.65. The number of halogens is 2. The number of aliphatic hydroxyl groups is 1. The first-order valence-electron chi connectivity index (χ1n) is 5.06. The Hall–Kier alpha value is -1.39. The second-order valence-electron chi connectivity index (χ2n) is 3.74. The van der Waals surface area contributed by atoms with Gasteiger partial charge in [-0.3, -0.25) is 0 Å². The van der Waals surface area contributed by atoms with Gasteiger partial charge in [0.15, 0.2) is 0 Å². The number of rotatable bonds is 2. The van der Waals surface area contributed by atoms with E-state index in [0.717, 1.165) is 4.47 Å². The topological polar surface area (TPSA) is 46.2 Å². The molecule has 0 fully saturated rings. The SMILES string of the molecule is Nc1cccc(C(O)c2cc(Br)ccc2F)c1. The number of nitrogen functional groups attached to an aromatic ring is 1. The summed E-state index contributed by atoms with van der Waals surface area (Å²) in [6.45, 7) is 0. The lowest BCUT2D eigenvalue weighted by atomic mass is 10.0. The van der Waals surface area contributed by atoms with Crippen molar-refractivity contribution in [2.75, 3.05) is 5.73 Å². The summed E-state index contributed by atoms with van der Waals surface area (Å²) in [4.78, 5) is 0. The third-order valence-corrected chi connectivity index (χ3v) is 2.97. The summed E-state index contributed by atoms with van der Waals surface area (Å²) in [5.41, 5.74) is 6.97. The van der Waals surface area contributed by atoms with Crippen molar-refractivity contribution >= 4 is 21.6 Å². The van der Waals surface area contributed by atoms with Crippen LogP contribution in [0.4, 0.5) is 10.1 Å². The molecule has 0 aliphatic carbocycles. The Morgan fingerprint density at radius 3 is 2.65 bits per heavy atom. The van der Waals surface area contributed by atoms with Gasteiger partial charge in [0.25, 0.3) is 0 Å². The molecule has 2 nitrogen and oxygen atoms in total. The molecular weight excluding hydrogens is 285 g/mol. The molecule has 0 amide bonds. The second-order valence-corrected chi connectivity index (χ2v) is 4.65. The maximum absolute atomic E-state index is 13.6. The average molecular weight is 296 g/mol. The summed E-state index contributed by atoms with van der Waals surface area (Å²) in [7, 11) is 0. The van der Waals surface area contributed by atoms with Gasteiger partial charge in [0.05, 0.1) is 0 Å². The van der Waals surface area contributed by atoms with Crippen molar-refractivity contribution in [1.29, 1.82) is 0 Å². The molecule has 17 heavy (non-hydrogen) atoms. The lowest BCUT2D eigenvalue weighted by Gasteiger charge is -2.13. The number of benzene rings is 2. The zero-order chi connectivity index (χ0) is 12.4. The van der Waals surface area contributed by atoms with Gasteiger partial charge in [0, 0.05) is 15.7 Å². The van der Waals surface area contributed by atoms with Crippen LogP contribution in [0.2, 0.25) is 0 Å². The minimum Gasteiger partial charge on any atom is -0.399 e. The van der Waals surface area contributed by atoms with Gasteiger partial charge in [-0.05, 0) is 35.9 Å². The smallest absolute Gasteiger partial charge is 0.129 e. The first kappa shape index (κ1) is 12.1. The van der Waals surface area contributed by atoms with Gasteiger partial charge in [-0.15, -0.1) is 0 Å². The fourth-order valence-electron chi connectivity index (χ4n) is 1.63. The zero-order valence-corrected chi connectivity index (χ0v) is 10.5. The molecule has 0 aliphatic rings. The van der Waals surface area contributed by atoms with E-state index in [4.69, 9.17) is 5.73 Å². The molecule has 1 unspecified atom stereocenters. The largest absolute Gasteiger partial charge is 0.399 e. The molecule has 0 radical (unpaired) electrons. The van der Waals surface area contributed by atoms with Crippen LogP contribution in [-0.4, -0.2) is 5.11 Å². The molecule has 0 heterocycles. The Kier molecular flexibility index (Phi) is 3.45. The minimum absolute atomic E-state index is 0.227. The summed E-state index contributed by atoms with van der Waals surface area (Å²) >= 11 is 3.25. The first-order valence-corrected chi connectivity index (χ1v) is 5.85. The molecule has 2 aromatic carbocycles. The summed E-state index contributed by atoms with van der Waals surface area (Å²) < 4.78 is 14.3. The van der Waals surface area contributed by atoms with Crippen LogP contribution >= 0.6 is 15.9 Å². The summed E-state index contributed by atoms with van der Waals surface area (Å²) in [5.74, 6) is -0.442. The molecule has 0 aromatic heterocycles. The number of anilines is 1. The molecule has 0 saturated carbocycles. The highest BCUT2D eigenvalue weighted by Gasteiger charge is 2.15. The quantitative estimate of drug-likeness (QED) is 0.836. The summed E-state index contributed by atoms with van der Waals surface area (Å²) in [5, 5.41) is 10.1. The average Bonchev–Trinajstić information content (AvgIpc) is 2.31. The fourth-order valence-corrected chi connectivity index (χ4v) is 2.01. The molecular formula is C13H11BrFNO. The van der Waals surface area contributed by atoms with Gasteiger partial charge in [-0.25, -0.2) is 4.39 Å². The molecule has 88 valence electrons. The van der Waals surface area contributed by atoms with Crippen LogP contribution in [0.1, 0.15) is 17.2 Å². The lowest BCUT2D eigenvalue weighted by molar-refractivity contribution is 0.215. The molecule has 2 aromatic rings. The Balaban J connectivity index is 2.43. The molecule has 2 rings (SSSR count). The van der Waals surface area contributed by atoms with E-state index in [0.29, 0.717) is 11.3 Å². The number of hydrogen-bond acceptors (Lipinski definition) is 2. The van der Waals surface area contributed by atoms with E-state index < -0.39 is 11.9 Å². The third-order valence-electron chi connectivity index (χ3n) is 2.48. The van der Waals surface area contributed by atoms with Gasteiger partial charge in [-0.1, -0.05) is 28.1 Å². The zero-order valence-electron chi connectivity index (χ0n) is 8.90. The van der Waals surface area contributed by atoms with E-state index in [-0.39, 0.29) is 5.56 Å². The van der Waals surface area contributed by atoms with E-state index in [1.54, 1.807) is 36.4 Å². The monoisotopic (exact) mass is 295 g/mol. The van der Waals surface area contributed by atoms with Crippen molar-refractivity contribution in [2.24, 2.45) is 0 Å². The summed E-state index contributed by atoms with van der Waals surface area (Å²) in [6.07, 6.45) is -1.02. The molecule has 0 aliphatic heterocycles. The maximum atomic E-state index is 13.6. The van der Waals surface area contributed by atoms with E-state index in [1.807, 2.05) is 0 Å². The van der Waals surface area contributed by atoms with Gasteiger partial charge >= 0.3 is 0 Å². The second kappa shape index (κ2) is 4.85. The van der Waals surface area contributed by atoms with Crippen LogP contribution in [0.25, 0.3) is 0 Å². The highest BCUT2D eigenvalue weighted by molar-refractivity contribution is 9.10. The highest BCUT2D eigenvalue weighted by Crippen LogP contribution is 2.27. The van der Waals surface area contributed by atoms with Crippen LogP contribution in [0.3, 0.4) is 0 Å². The van der Waals surface area contributed by atoms with Crippen molar-refractivity contribution < 1.29 is 9.50 Å². The predicted molar refractivity (Wildman–Crippen MR) is 69.0 cm³/mol. The Labute approximate surface area is 107 Å². The standard InChI is InChI=1S/C13H11BrFNO/c14-9-4-5-12(15)11(7-9)13(17)8-2-1-3-10(16)6-8/h1-7,13,17H,16H2. The molecule has 0 spiro atoms. The normalized spacial score (nSPS) is 12.4. The molecule has 3 N–H and O–H groups in total. The Morgan fingerprint density at radius 1 is 1.18 bits per heavy atom. The van der Waals surface area contributed by atoms with Crippen molar-refractivity contribution in [3.63, 3.8) is 0 Å². The number of aliphatic hydroxyl groups excluding tert-OH is 1. The van der Waals surface area contributed by atoms with E-state index in [9.17, 15) is 9.50 Å². The highest BCUT2D eigenvalue weighted by atomic mass is 79.9. The Bertz CT molecular complexity index is 545. The van der Waals surface area contributed by atoms with Crippen molar-refractivity contribution in [3.8, 4) is 0 Å². The molecule has 0 bridgehead atoms. The van der Waals surface area contributed by atoms with Crippen LogP contribution in [-0.2, 0) is 0 Å². The first-order chi connectivity index (χ1) is 8.08. The van der Waals surface area contributed by atoms with Crippen molar-refractivity contribution in [2.45, 2.75) is 6.10 Å². The van der Waals surface area contributed by atoms with E-state index >= 15 is 0 Å². The van der Waals surface area contributed by atoms with Crippen LogP contribution in [0, 0.1) is 5.82 Å². The predicted octanol–water partition coefficient (Wildman–Crippen LogP) is 3.25. The van der Waals surface area contributed by atoms with Gasteiger partial charge in [0.1, 0.15) is 11.9 Å². The summed E-state index contributed by atoms with van der Waals surface area (Å²) in [6, 6.07) is 11.2. The van der Waals surface area contributed by atoms with Gasteiger partial charge in [-0.2, -0.15) is 0 Å². The van der Waals surface area contributed by atoms with Gasteiger partial charge in [0.2, 0.25) is 0 Å². The fraction of sp³-hybridized carbons (Fsp3) is 0.0769. The maximum Gasteiger partial charge on any atom is 0.129 e. The van der Waals surface area contributed by atoms with Crippen LogP contribution in [0.5, 0.6) is 0 Å². The van der Waals surface area contributed by atoms with Crippen LogP contribution in [0.15, 0.2) is 46.9 Å².